The van der Waals surface area contributed by atoms with Crippen molar-refractivity contribution in [1.29, 1.82) is 5.26 Å². The number of anilines is 1. The molecule has 1 aliphatic rings. The quantitative estimate of drug-likeness (QED) is 0.888. The van der Waals surface area contributed by atoms with E-state index < -0.39 is 11.9 Å². The van der Waals surface area contributed by atoms with Crippen LogP contribution in [0.5, 0.6) is 0 Å². The molecule has 100 valence electrons. The minimum absolute atomic E-state index is 0.190. The van der Waals surface area contributed by atoms with Gasteiger partial charge < -0.3 is 10.4 Å². The summed E-state index contributed by atoms with van der Waals surface area (Å²) in [6, 6.07) is 3.32. The Morgan fingerprint density at radius 1 is 1.53 bits per heavy atom. The van der Waals surface area contributed by atoms with E-state index in [1.165, 1.54) is 12.3 Å². The maximum absolute atomic E-state index is 11.2. The topological polar surface area (TPSA) is 86.0 Å². The fraction of sp³-hybridized carbons (Fsp3) is 0.462. The minimum atomic E-state index is -0.801. The van der Waals surface area contributed by atoms with Crippen molar-refractivity contribution in [2.24, 2.45) is 5.92 Å². The maximum atomic E-state index is 11.2. The van der Waals surface area contributed by atoms with Crippen LogP contribution < -0.4 is 5.32 Å². The molecule has 0 bridgehead atoms. The lowest BCUT2D eigenvalue weighted by molar-refractivity contribution is -0.143. The number of pyridine rings is 1. The Bertz CT molecular complexity index is 527. The first kappa shape index (κ1) is 13.6. The predicted octanol–water partition coefficient (Wildman–Crippen LogP) is 2.66. The van der Waals surface area contributed by atoms with Gasteiger partial charge >= 0.3 is 5.97 Å². The highest BCUT2D eigenvalue weighted by atomic mass is 35.5. The molecule has 0 amide bonds. The van der Waals surface area contributed by atoms with Gasteiger partial charge in [0.05, 0.1) is 11.5 Å². The zero-order valence-electron chi connectivity index (χ0n) is 10.3. The molecule has 2 unspecified atom stereocenters. The molecule has 1 aromatic heterocycles. The number of nitriles is 1. The predicted molar refractivity (Wildman–Crippen MR) is 71.0 cm³/mol. The molecule has 1 aliphatic carbocycles. The number of carbonyl (C=O) groups is 1. The SMILES string of the molecule is N#Cc1ccnc(NC2CCCCC2C(=O)O)c1Cl. The van der Waals surface area contributed by atoms with Gasteiger partial charge in [-0.2, -0.15) is 5.26 Å². The van der Waals surface area contributed by atoms with Gasteiger partial charge in [0.2, 0.25) is 0 Å². The lowest BCUT2D eigenvalue weighted by Gasteiger charge is -2.29. The highest BCUT2D eigenvalue weighted by Crippen LogP contribution is 2.30. The smallest absolute Gasteiger partial charge is 0.308 e. The van der Waals surface area contributed by atoms with Gasteiger partial charge in [-0.15, -0.1) is 0 Å². The molecule has 0 saturated heterocycles. The first-order valence-electron chi connectivity index (χ1n) is 6.17. The molecule has 2 rings (SSSR count). The zero-order chi connectivity index (χ0) is 13.8. The molecule has 0 aliphatic heterocycles. The van der Waals surface area contributed by atoms with Gasteiger partial charge in [0.15, 0.2) is 0 Å². The number of nitrogens with one attached hydrogen (secondary N) is 1. The third kappa shape index (κ3) is 2.96. The van der Waals surface area contributed by atoms with Crippen LogP contribution in [0.1, 0.15) is 31.2 Å². The fourth-order valence-corrected chi connectivity index (χ4v) is 2.61. The molecule has 0 spiro atoms. The Morgan fingerprint density at radius 3 is 2.95 bits per heavy atom. The third-order valence-electron chi connectivity index (χ3n) is 3.41. The minimum Gasteiger partial charge on any atom is -0.481 e. The van der Waals surface area contributed by atoms with Crippen molar-refractivity contribution < 1.29 is 9.90 Å². The second kappa shape index (κ2) is 5.89. The average Bonchev–Trinajstić information content (AvgIpc) is 2.41. The standard InChI is InChI=1S/C13H14ClN3O2/c14-11-8(7-15)5-6-16-12(11)17-10-4-2-1-3-9(10)13(18)19/h5-6,9-10H,1-4H2,(H,16,17)(H,18,19). The fourth-order valence-electron chi connectivity index (χ4n) is 2.41. The molecule has 19 heavy (non-hydrogen) atoms. The molecular formula is C13H14ClN3O2. The summed E-state index contributed by atoms with van der Waals surface area (Å²) in [7, 11) is 0. The summed E-state index contributed by atoms with van der Waals surface area (Å²) in [5, 5.41) is 21.4. The van der Waals surface area contributed by atoms with Crippen molar-refractivity contribution in [2.45, 2.75) is 31.7 Å². The van der Waals surface area contributed by atoms with E-state index in [1.54, 1.807) is 0 Å². The van der Waals surface area contributed by atoms with Gasteiger partial charge in [-0.3, -0.25) is 4.79 Å². The second-order valence-corrected chi connectivity index (χ2v) is 4.99. The van der Waals surface area contributed by atoms with E-state index in [0.717, 1.165) is 19.3 Å². The summed E-state index contributed by atoms with van der Waals surface area (Å²) in [4.78, 5) is 15.3. The largest absolute Gasteiger partial charge is 0.481 e. The molecule has 6 heteroatoms. The first-order chi connectivity index (χ1) is 9.13. The Hall–Kier alpha value is -1.80. The van der Waals surface area contributed by atoms with Gasteiger partial charge in [-0.05, 0) is 18.9 Å². The van der Waals surface area contributed by atoms with Crippen LogP contribution in [0.4, 0.5) is 5.82 Å². The Labute approximate surface area is 116 Å². The van der Waals surface area contributed by atoms with Crippen molar-refractivity contribution in [3.05, 3.63) is 22.8 Å². The Balaban J connectivity index is 2.20. The molecule has 1 aromatic rings. The van der Waals surface area contributed by atoms with Gasteiger partial charge in [-0.25, -0.2) is 4.98 Å². The van der Waals surface area contributed by atoms with Crippen molar-refractivity contribution in [3.8, 4) is 6.07 Å². The average molecular weight is 280 g/mol. The van der Waals surface area contributed by atoms with E-state index in [0.29, 0.717) is 17.8 Å². The van der Waals surface area contributed by atoms with Crippen LogP contribution in [0.3, 0.4) is 0 Å². The van der Waals surface area contributed by atoms with Gasteiger partial charge in [0.25, 0.3) is 0 Å². The number of aliphatic carboxylic acids is 1. The van der Waals surface area contributed by atoms with Crippen LogP contribution in [0.25, 0.3) is 0 Å². The molecule has 2 N–H and O–H groups in total. The zero-order valence-corrected chi connectivity index (χ0v) is 11.0. The van der Waals surface area contributed by atoms with E-state index >= 15 is 0 Å². The number of halogens is 1. The summed E-state index contributed by atoms with van der Waals surface area (Å²) in [6.07, 6.45) is 4.82. The molecule has 1 saturated carbocycles. The highest BCUT2D eigenvalue weighted by Gasteiger charge is 2.31. The number of hydrogen-bond donors (Lipinski definition) is 2. The van der Waals surface area contributed by atoms with Crippen LogP contribution >= 0.6 is 11.6 Å². The normalized spacial score (nSPS) is 22.5. The van der Waals surface area contributed by atoms with Crippen LogP contribution in [-0.2, 0) is 4.79 Å². The lowest BCUT2D eigenvalue weighted by Crippen LogP contribution is -2.37. The van der Waals surface area contributed by atoms with E-state index in [4.69, 9.17) is 16.9 Å². The summed E-state index contributed by atoms with van der Waals surface area (Å²) in [6.45, 7) is 0. The number of rotatable bonds is 3. The molecule has 5 nitrogen and oxygen atoms in total. The van der Waals surface area contributed by atoms with Crippen LogP contribution in [0, 0.1) is 17.2 Å². The molecule has 0 radical (unpaired) electrons. The van der Waals surface area contributed by atoms with E-state index in [-0.39, 0.29) is 11.1 Å². The Kier molecular flexibility index (Phi) is 4.23. The van der Waals surface area contributed by atoms with Crippen LogP contribution in [0.15, 0.2) is 12.3 Å². The second-order valence-electron chi connectivity index (χ2n) is 4.61. The Morgan fingerprint density at radius 2 is 2.26 bits per heavy atom. The monoisotopic (exact) mass is 279 g/mol. The van der Waals surface area contributed by atoms with Crippen molar-refractivity contribution >= 4 is 23.4 Å². The van der Waals surface area contributed by atoms with Crippen molar-refractivity contribution in [1.82, 2.24) is 4.98 Å². The molecular weight excluding hydrogens is 266 g/mol. The lowest BCUT2D eigenvalue weighted by atomic mass is 9.84. The number of carboxylic acids is 1. The molecule has 0 aromatic carbocycles. The summed E-state index contributed by atoms with van der Waals surface area (Å²) >= 11 is 6.06. The van der Waals surface area contributed by atoms with E-state index in [1.807, 2.05) is 6.07 Å². The summed E-state index contributed by atoms with van der Waals surface area (Å²) in [5.74, 6) is -0.846. The van der Waals surface area contributed by atoms with Crippen molar-refractivity contribution in [3.63, 3.8) is 0 Å². The third-order valence-corrected chi connectivity index (χ3v) is 3.80. The number of carboxylic acid groups (broad SMARTS) is 1. The number of aromatic nitrogens is 1. The summed E-state index contributed by atoms with van der Waals surface area (Å²) < 4.78 is 0. The highest BCUT2D eigenvalue weighted by molar-refractivity contribution is 6.34. The van der Waals surface area contributed by atoms with Gasteiger partial charge in [-0.1, -0.05) is 24.4 Å². The summed E-state index contributed by atoms with van der Waals surface area (Å²) in [5.41, 5.74) is 0.335. The van der Waals surface area contributed by atoms with Crippen molar-refractivity contribution in [2.75, 3.05) is 5.32 Å². The molecule has 1 heterocycles. The van der Waals surface area contributed by atoms with E-state index in [9.17, 15) is 9.90 Å². The number of nitrogens with zero attached hydrogens (tertiary/aromatic N) is 2. The number of hydrogen-bond acceptors (Lipinski definition) is 4. The van der Waals surface area contributed by atoms with Crippen LogP contribution in [0.2, 0.25) is 5.02 Å². The molecule has 2 atom stereocenters. The van der Waals surface area contributed by atoms with Crippen LogP contribution in [-0.4, -0.2) is 22.1 Å². The maximum Gasteiger partial charge on any atom is 0.308 e. The van der Waals surface area contributed by atoms with Gasteiger partial charge in [0, 0.05) is 12.2 Å². The van der Waals surface area contributed by atoms with E-state index in [2.05, 4.69) is 10.3 Å². The van der Waals surface area contributed by atoms with Gasteiger partial charge in [0.1, 0.15) is 16.9 Å². The first-order valence-corrected chi connectivity index (χ1v) is 6.55. The molecule has 1 fully saturated rings.